The third-order valence-electron chi connectivity index (χ3n) is 2.80. The molecule has 2 aromatic heterocycles. The maximum Gasteiger partial charge on any atom is 0.197 e. The molecule has 0 atom stereocenters. The molecule has 6 heteroatoms. The summed E-state index contributed by atoms with van der Waals surface area (Å²) < 4.78 is 5.42. The summed E-state index contributed by atoms with van der Waals surface area (Å²) in [5.74, 6) is 1.50. The van der Waals surface area contributed by atoms with E-state index in [1.54, 1.807) is 31.3 Å². The molecule has 5 nitrogen and oxygen atoms in total. The molecule has 2 heterocycles. The van der Waals surface area contributed by atoms with Crippen molar-refractivity contribution in [2.75, 3.05) is 13.4 Å². The SMILES string of the molecule is COc1cc(SC)ccc1-c1nc2nccnc2[nH]1. The molecule has 0 unspecified atom stereocenters. The van der Waals surface area contributed by atoms with E-state index in [4.69, 9.17) is 4.74 Å². The van der Waals surface area contributed by atoms with Gasteiger partial charge in [0.05, 0.1) is 12.7 Å². The number of rotatable bonds is 3. The lowest BCUT2D eigenvalue weighted by molar-refractivity contribution is 0.415. The van der Waals surface area contributed by atoms with Crippen LogP contribution in [-0.2, 0) is 0 Å². The lowest BCUT2D eigenvalue weighted by Crippen LogP contribution is -1.90. The van der Waals surface area contributed by atoms with E-state index >= 15 is 0 Å². The number of nitrogens with zero attached hydrogens (tertiary/aromatic N) is 3. The molecule has 1 aromatic carbocycles. The van der Waals surface area contributed by atoms with Crippen LogP contribution < -0.4 is 4.74 Å². The minimum Gasteiger partial charge on any atom is -0.496 e. The number of nitrogens with one attached hydrogen (secondary N) is 1. The zero-order chi connectivity index (χ0) is 13.2. The van der Waals surface area contributed by atoms with Crippen molar-refractivity contribution in [3.63, 3.8) is 0 Å². The number of imidazole rings is 1. The van der Waals surface area contributed by atoms with Crippen molar-refractivity contribution >= 4 is 23.1 Å². The number of thioether (sulfide) groups is 1. The fourth-order valence-electron chi connectivity index (χ4n) is 1.87. The summed E-state index contributed by atoms with van der Waals surface area (Å²) in [6.07, 6.45) is 5.29. The number of methoxy groups -OCH3 is 1. The van der Waals surface area contributed by atoms with E-state index < -0.39 is 0 Å². The highest BCUT2D eigenvalue weighted by Gasteiger charge is 2.12. The number of aromatic amines is 1. The molecule has 0 aliphatic rings. The maximum absolute atomic E-state index is 5.42. The van der Waals surface area contributed by atoms with Gasteiger partial charge in [-0.15, -0.1) is 11.8 Å². The van der Waals surface area contributed by atoms with Crippen LogP contribution in [0.15, 0.2) is 35.5 Å². The normalized spacial score (nSPS) is 10.8. The van der Waals surface area contributed by atoms with Crippen LogP contribution >= 0.6 is 11.8 Å². The molecule has 0 bridgehead atoms. The van der Waals surface area contributed by atoms with Crippen LogP contribution in [0, 0.1) is 0 Å². The fourth-order valence-corrected chi connectivity index (χ4v) is 2.30. The Kier molecular flexibility index (Phi) is 3.08. The van der Waals surface area contributed by atoms with E-state index in [0.717, 1.165) is 16.2 Å². The predicted molar refractivity (Wildman–Crippen MR) is 75.5 cm³/mol. The molecule has 0 aliphatic heterocycles. The smallest absolute Gasteiger partial charge is 0.197 e. The van der Waals surface area contributed by atoms with Gasteiger partial charge in [-0.25, -0.2) is 15.0 Å². The van der Waals surface area contributed by atoms with E-state index in [1.165, 1.54) is 0 Å². The van der Waals surface area contributed by atoms with E-state index in [1.807, 2.05) is 24.5 Å². The summed E-state index contributed by atoms with van der Waals surface area (Å²) >= 11 is 1.67. The van der Waals surface area contributed by atoms with Gasteiger partial charge >= 0.3 is 0 Å². The van der Waals surface area contributed by atoms with Crippen LogP contribution in [-0.4, -0.2) is 33.3 Å². The zero-order valence-corrected chi connectivity index (χ0v) is 11.4. The lowest BCUT2D eigenvalue weighted by atomic mass is 10.2. The van der Waals surface area contributed by atoms with Gasteiger partial charge in [0.25, 0.3) is 0 Å². The molecule has 19 heavy (non-hydrogen) atoms. The first-order valence-electron chi connectivity index (χ1n) is 5.71. The van der Waals surface area contributed by atoms with Gasteiger partial charge in [0.2, 0.25) is 0 Å². The molecule has 0 saturated carbocycles. The average molecular weight is 272 g/mol. The Balaban J connectivity index is 2.15. The van der Waals surface area contributed by atoms with Crippen LogP contribution in [0.2, 0.25) is 0 Å². The molecule has 0 aliphatic carbocycles. The van der Waals surface area contributed by atoms with Crippen LogP contribution in [0.1, 0.15) is 0 Å². The van der Waals surface area contributed by atoms with Crippen molar-refractivity contribution < 1.29 is 4.74 Å². The summed E-state index contributed by atoms with van der Waals surface area (Å²) in [6.45, 7) is 0. The first-order valence-corrected chi connectivity index (χ1v) is 6.93. The molecule has 96 valence electrons. The number of hydrogen-bond donors (Lipinski definition) is 1. The van der Waals surface area contributed by atoms with Crippen molar-refractivity contribution in [3.05, 3.63) is 30.6 Å². The Labute approximate surface area is 114 Å². The third kappa shape index (κ3) is 2.15. The maximum atomic E-state index is 5.42. The second kappa shape index (κ2) is 4.89. The summed E-state index contributed by atoms with van der Waals surface area (Å²) in [6, 6.07) is 6.02. The molecule has 0 fully saturated rings. The van der Waals surface area contributed by atoms with Crippen molar-refractivity contribution in [2.45, 2.75) is 4.90 Å². The number of hydrogen-bond acceptors (Lipinski definition) is 5. The minimum absolute atomic E-state index is 0.605. The Bertz CT molecular complexity index is 692. The number of aromatic nitrogens is 4. The molecule has 0 spiro atoms. The second-order valence-electron chi connectivity index (χ2n) is 3.88. The zero-order valence-electron chi connectivity index (χ0n) is 10.5. The molecular weight excluding hydrogens is 260 g/mol. The largest absolute Gasteiger partial charge is 0.496 e. The summed E-state index contributed by atoms with van der Waals surface area (Å²) in [4.78, 5) is 17.1. The van der Waals surface area contributed by atoms with Gasteiger partial charge in [-0.3, -0.25) is 0 Å². The standard InChI is InChI=1S/C13H12N4OS/c1-18-10-7-8(19-2)3-4-9(10)11-16-12-13(17-11)15-6-5-14-12/h3-7H,1-2H3,(H,14,15,16,17). The highest BCUT2D eigenvalue weighted by molar-refractivity contribution is 7.98. The van der Waals surface area contributed by atoms with E-state index in [-0.39, 0.29) is 0 Å². The van der Waals surface area contributed by atoms with Crippen LogP contribution in [0.3, 0.4) is 0 Å². The predicted octanol–water partition coefficient (Wildman–Crippen LogP) is 2.75. The third-order valence-corrected chi connectivity index (χ3v) is 3.52. The monoisotopic (exact) mass is 272 g/mol. The topological polar surface area (TPSA) is 63.7 Å². The van der Waals surface area contributed by atoms with Crippen LogP contribution in [0.25, 0.3) is 22.7 Å². The van der Waals surface area contributed by atoms with Gasteiger partial charge in [0.15, 0.2) is 11.3 Å². The van der Waals surface area contributed by atoms with Crippen molar-refractivity contribution in [1.82, 2.24) is 19.9 Å². The van der Waals surface area contributed by atoms with Crippen molar-refractivity contribution in [3.8, 4) is 17.1 Å². The van der Waals surface area contributed by atoms with Gasteiger partial charge < -0.3 is 9.72 Å². The summed E-state index contributed by atoms with van der Waals surface area (Å²) in [7, 11) is 1.65. The second-order valence-corrected chi connectivity index (χ2v) is 4.76. The molecule has 1 N–H and O–H groups in total. The van der Waals surface area contributed by atoms with E-state index in [0.29, 0.717) is 17.1 Å². The lowest BCUT2D eigenvalue weighted by Gasteiger charge is -2.07. The number of benzene rings is 1. The first kappa shape index (κ1) is 12.0. The van der Waals surface area contributed by atoms with E-state index in [9.17, 15) is 0 Å². The fraction of sp³-hybridized carbons (Fsp3) is 0.154. The highest BCUT2D eigenvalue weighted by atomic mass is 32.2. The van der Waals surface area contributed by atoms with Gasteiger partial charge in [0.1, 0.15) is 11.6 Å². The Morgan fingerprint density at radius 1 is 1.21 bits per heavy atom. The van der Waals surface area contributed by atoms with Crippen LogP contribution in [0.5, 0.6) is 5.75 Å². The van der Waals surface area contributed by atoms with E-state index in [2.05, 4.69) is 19.9 Å². The van der Waals surface area contributed by atoms with Gasteiger partial charge in [-0.1, -0.05) is 0 Å². The van der Waals surface area contributed by atoms with Crippen molar-refractivity contribution in [1.29, 1.82) is 0 Å². The molecular formula is C13H12N4OS. The Morgan fingerprint density at radius 3 is 2.79 bits per heavy atom. The minimum atomic E-state index is 0.605. The average Bonchev–Trinajstić information content (AvgIpc) is 2.90. The Morgan fingerprint density at radius 2 is 2.05 bits per heavy atom. The molecule has 3 rings (SSSR count). The van der Waals surface area contributed by atoms with Crippen molar-refractivity contribution in [2.24, 2.45) is 0 Å². The van der Waals surface area contributed by atoms with Crippen LogP contribution in [0.4, 0.5) is 0 Å². The Hall–Kier alpha value is -2.08. The quantitative estimate of drug-likeness (QED) is 0.743. The summed E-state index contributed by atoms with van der Waals surface area (Å²) in [5, 5.41) is 0. The van der Waals surface area contributed by atoms with Gasteiger partial charge in [-0.2, -0.15) is 0 Å². The number of fused-ring (bicyclic) bond motifs is 1. The first-order chi connectivity index (χ1) is 9.31. The van der Waals surface area contributed by atoms with Gasteiger partial charge in [0, 0.05) is 17.3 Å². The highest BCUT2D eigenvalue weighted by Crippen LogP contribution is 2.32. The molecule has 0 radical (unpaired) electrons. The number of H-pyrrole nitrogens is 1. The summed E-state index contributed by atoms with van der Waals surface area (Å²) in [5.41, 5.74) is 2.18. The molecule has 3 aromatic rings. The molecule has 0 amide bonds. The number of ether oxygens (including phenoxy) is 1. The van der Waals surface area contributed by atoms with Gasteiger partial charge in [-0.05, 0) is 24.5 Å². The molecule has 0 saturated heterocycles.